The van der Waals surface area contributed by atoms with E-state index in [-0.39, 0.29) is 11.3 Å². The molecule has 1 aromatic rings. The quantitative estimate of drug-likeness (QED) is 0.323. The summed E-state index contributed by atoms with van der Waals surface area (Å²) in [4.78, 5) is 0. The van der Waals surface area contributed by atoms with E-state index < -0.39 is 48.0 Å². The number of benzene rings is 1. The summed E-state index contributed by atoms with van der Waals surface area (Å²) in [6.45, 7) is 4.03. The lowest BCUT2D eigenvalue weighted by Gasteiger charge is -2.40. The SMILES string of the molecule is CCC(C)Oc1ccccc1C(C)(CC(F)(F)C(F)(F)C(F)(F)C(F)(F)C(F)(F)F)OC. The Balaban J connectivity index is 3.50. The van der Waals surface area contributed by atoms with E-state index in [4.69, 9.17) is 9.47 Å². The highest BCUT2D eigenvalue weighted by molar-refractivity contribution is 5.38. The van der Waals surface area contributed by atoms with Gasteiger partial charge in [-0.25, -0.2) is 0 Å². The number of alkyl halides is 11. The molecule has 1 aromatic carbocycles. The summed E-state index contributed by atoms with van der Waals surface area (Å²) in [6, 6.07) is 4.94. The highest BCUT2D eigenvalue weighted by atomic mass is 19.4. The van der Waals surface area contributed by atoms with Crippen LogP contribution in [0.25, 0.3) is 0 Å². The summed E-state index contributed by atoms with van der Waals surface area (Å²) in [5.74, 6) is -28.2. The maximum absolute atomic E-state index is 14.4. The maximum Gasteiger partial charge on any atom is 0.460 e. The van der Waals surface area contributed by atoms with Gasteiger partial charge in [0.2, 0.25) is 0 Å². The molecule has 0 aliphatic rings. The Labute approximate surface area is 176 Å². The van der Waals surface area contributed by atoms with Crippen LogP contribution in [0.4, 0.5) is 48.3 Å². The molecule has 0 fully saturated rings. The topological polar surface area (TPSA) is 18.5 Å². The van der Waals surface area contributed by atoms with E-state index in [1.807, 2.05) is 0 Å². The van der Waals surface area contributed by atoms with Crippen molar-refractivity contribution in [1.82, 2.24) is 0 Å². The van der Waals surface area contributed by atoms with Crippen LogP contribution in [0.1, 0.15) is 39.2 Å². The molecule has 13 heteroatoms. The van der Waals surface area contributed by atoms with Gasteiger partial charge in [0, 0.05) is 12.7 Å². The normalized spacial score (nSPS) is 17.1. The second-order valence-corrected chi connectivity index (χ2v) is 7.37. The predicted molar refractivity (Wildman–Crippen MR) is 91.6 cm³/mol. The Bertz CT molecular complexity index is 777. The molecule has 2 nitrogen and oxygen atoms in total. The van der Waals surface area contributed by atoms with Crippen molar-refractivity contribution in [2.75, 3.05) is 7.11 Å². The van der Waals surface area contributed by atoms with E-state index in [2.05, 4.69) is 0 Å². The van der Waals surface area contributed by atoms with Gasteiger partial charge in [-0.2, -0.15) is 48.3 Å². The molecular weight excluding hydrogens is 469 g/mol. The number of para-hydroxylation sites is 1. The molecule has 0 N–H and O–H groups in total. The van der Waals surface area contributed by atoms with Gasteiger partial charge < -0.3 is 9.47 Å². The largest absolute Gasteiger partial charge is 0.490 e. The van der Waals surface area contributed by atoms with Gasteiger partial charge in [-0.3, -0.25) is 0 Å². The van der Waals surface area contributed by atoms with E-state index in [1.165, 1.54) is 18.2 Å². The number of ether oxygens (including phenoxy) is 2. The van der Waals surface area contributed by atoms with Crippen molar-refractivity contribution < 1.29 is 57.8 Å². The number of hydrogen-bond acceptors (Lipinski definition) is 2. The third kappa shape index (κ3) is 4.76. The van der Waals surface area contributed by atoms with Gasteiger partial charge in [0.15, 0.2) is 0 Å². The Kier molecular flexibility index (Phi) is 7.82. The Hall–Kier alpha value is -1.79. The molecule has 0 aliphatic carbocycles. The molecule has 2 unspecified atom stereocenters. The summed E-state index contributed by atoms with van der Waals surface area (Å²) in [5.41, 5.74) is -2.87. The van der Waals surface area contributed by atoms with Gasteiger partial charge >= 0.3 is 29.9 Å². The Morgan fingerprint density at radius 2 is 1.31 bits per heavy atom. The number of halogens is 11. The van der Waals surface area contributed by atoms with Crippen LogP contribution in [0.15, 0.2) is 24.3 Å². The highest BCUT2D eigenvalue weighted by Crippen LogP contribution is 2.59. The maximum atomic E-state index is 14.4. The van der Waals surface area contributed by atoms with Crippen molar-refractivity contribution in [1.29, 1.82) is 0 Å². The number of hydrogen-bond donors (Lipinski definition) is 0. The highest BCUT2D eigenvalue weighted by Gasteiger charge is 2.87. The number of rotatable bonds is 10. The fourth-order valence-electron chi connectivity index (χ4n) is 2.72. The third-order valence-corrected chi connectivity index (χ3v) is 4.97. The molecule has 0 bridgehead atoms. The molecular formula is C19H21F11O2. The van der Waals surface area contributed by atoms with Crippen molar-refractivity contribution in [3.63, 3.8) is 0 Å². The van der Waals surface area contributed by atoms with Gasteiger partial charge in [0.05, 0.1) is 18.1 Å². The standard InChI is InChI=1S/C19H21F11O2/c1-5-11(2)32-13-9-7-6-8-12(13)14(3,31-4)10-15(20,21)16(22,23)17(24,25)18(26,27)19(28,29)30/h6-9,11H,5,10H2,1-4H3. The molecule has 1 rings (SSSR count). The van der Waals surface area contributed by atoms with Crippen LogP contribution in [0.2, 0.25) is 0 Å². The van der Waals surface area contributed by atoms with E-state index in [9.17, 15) is 48.3 Å². The molecule has 186 valence electrons. The lowest BCUT2D eigenvalue weighted by Crippen LogP contribution is -2.67. The van der Waals surface area contributed by atoms with E-state index in [0.717, 1.165) is 20.1 Å². The zero-order valence-corrected chi connectivity index (χ0v) is 17.3. The lowest BCUT2D eigenvalue weighted by molar-refractivity contribution is -0.424. The average Bonchev–Trinajstić information content (AvgIpc) is 2.66. The third-order valence-electron chi connectivity index (χ3n) is 4.97. The van der Waals surface area contributed by atoms with E-state index in [1.54, 1.807) is 13.8 Å². The molecule has 2 atom stereocenters. The van der Waals surface area contributed by atoms with Crippen LogP contribution in [0, 0.1) is 0 Å². The average molecular weight is 490 g/mol. The molecule has 32 heavy (non-hydrogen) atoms. The summed E-state index contributed by atoms with van der Waals surface area (Å²) >= 11 is 0. The summed E-state index contributed by atoms with van der Waals surface area (Å²) < 4.78 is 157. The van der Waals surface area contributed by atoms with Crippen LogP contribution >= 0.6 is 0 Å². The first kappa shape index (κ1) is 28.2. The second-order valence-electron chi connectivity index (χ2n) is 7.37. The first-order valence-corrected chi connectivity index (χ1v) is 9.11. The van der Waals surface area contributed by atoms with Crippen molar-refractivity contribution in [3.8, 4) is 5.75 Å². The molecule has 0 saturated heterocycles. The van der Waals surface area contributed by atoms with Crippen LogP contribution in [-0.2, 0) is 10.3 Å². The van der Waals surface area contributed by atoms with Gasteiger partial charge in [-0.1, -0.05) is 25.1 Å². The minimum absolute atomic E-state index is 0.155. The zero-order valence-electron chi connectivity index (χ0n) is 17.3. The smallest absolute Gasteiger partial charge is 0.460 e. The van der Waals surface area contributed by atoms with Gasteiger partial charge in [-0.15, -0.1) is 0 Å². The van der Waals surface area contributed by atoms with E-state index in [0.29, 0.717) is 6.42 Å². The van der Waals surface area contributed by atoms with Crippen molar-refractivity contribution in [2.45, 2.75) is 75.2 Å². The van der Waals surface area contributed by atoms with Crippen LogP contribution < -0.4 is 4.74 Å². The second kappa shape index (κ2) is 8.86. The summed E-state index contributed by atoms with van der Waals surface area (Å²) in [7, 11) is 0.747. The summed E-state index contributed by atoms with van der Waals surface area (Å²) in [5, 5.41) is 0. The summed E-state index contributed by atoms with van der Waals surface area (Å²) in [6.07, 6.45) is -9.66. The van der Waals surface area contributed by atoms with Crippen molar-refractivity contribution in [2.24, 2.45) is 0 Å². The molecule has 0 aromatic heterocycles. The van der Waals surface area contributed by atoms with Crippen LogP contribution in [0.3, 0.4) is 0 Å². The molecule has 0 spiro atoms. The minimum Gasteiger partial charge on any atom is -0.490 e. The van der Waals surface area contributed by atoms with E-state index >= 15 is 0 Å². The first-order chi connectivity index (χ1) is 14.2. The fourth-order valence-corrected chi connectivity index (χ4v) is 2.72. The Morgan fingerprint density at radius 3 is 1.75 bits per heavy atom. The molecule has 0 heterocycles. The first-order valence-electron chi connectivity index (χ1n) is 9.11. The van der Waals surface area contributed by atoms with Crippen molar-refractivity contribution in [3.05, 3.63) is 29.8 Å². The monoisotopic (exact) mass is 490 g/mol. The van der Waals surface area contributed by atoms with Gasteiger partial charge in [0.25, 0.3) is 0 Å². The van der Waals surface area contributed by atoms with Crippen LogP contribution in [-0.4, -0.2) is 43.1 Å². The predicted octanol–water partition coefficient (Wildman–Crippen LogP) is 7.22. The van der Waals surface area contributed by atoms with Gasteiger partial charge in [-0.05, 0) is 26.3 Å². The molecule has 0 radical (unpaired) electrons. The van der Waals surface area contributed by atoms with Crippen LogP contribution in [0.5, 0.6) is 5.75 Å². The Morgan fingerprint density at radius 1 is 0.812 bits per heavy atom. The zero-order chi connectivity index (χ0) is 25.4. The fraction of sp³-hybridized carbons (Fsp3) is 0.684. The van der Waals surface area contributed by atoms with Crippen molar-refractivity contribution >= 4 is 0 Å². The molecule has 0 amide bonds. The molecule has 0 aliphatic heterocycles. The number of methoxy groups -OCH3 is 1. The lowest BCUT2D eigenvalue weighted by atomic mass is 9.84. The van der Waals surface area contributed by atoms with Gasteiger partial charge in [0.1, 0.15) is 5.75 Å². The minimum atomic E-state index is -7.47. The molecule has 0 saturated carbocycles.